The smallest absolute Gasteiger partial charge is 0.256 e. The summed E-state index contributed by atoms with van der Waals surface area (Å²) in [5.41, 5.74) is 1.40. The molecule has 0 unspecified atom stereocenters. The second kappa shape index (κ2) is 8.03. The van der Waals surface area contributed by atoms with Gasteiger partial charge in [0.1, 0.15) is 17.4 Å². The van der Waals surface area contributed by atoms with Gasteiger partial charge in [0.2, 0.25) is 0 Å². The number of rotatable bonds is 6. The lowest BCUT2D eigenvalue weighted by molar-refractivity contribution is 0.0948. The second-order valence-corrected chi connectivity index (χ2v) is 6.45. The van der Waals surface area contributed by atoms with Crippen molar-refractivity contribution in [2.75, 3.05) is 25.6 Å². The predicted molar refractivity (Wildman–Crippen MR) is 107 cm³/mol. The number of hydrogen-bond donors (Lipinski definition) is 1. The van der Waals surface area contributed by atoms with E-state index in [9.17, 15) is 4.79 Å². The van der Waals surface area contributed by atoms with Gasteiger partial charge in [-0.15, -0.1) is 0 Å². The average Bonchev–Trinajstić information content (AvgIpc) is 2.65. The van der Waals surface area contributed by atoms with Crippen molar-refractivity contribution in [3.63, 3.8) is 0 Å². The fourth-order valence-corrected chi connectivity index (χ4v) is 2.93. The highest BCUT2D eigenvalue weighted by atomic mass is 16.5. The SMILES string of the molecule is CCOc1ccc2ccccc2c1C(=O)NCc1nc(C)cc(N(C)C)n1. The zero-order valence-electron chi connectivity index (χ0n) is 16.1. The second-order valence-electron chi connectivity index (χ2n) is 6.45. The third-order valence-electron chi connectivity index (χ3n) is 4.17. The molecule has 3 aromatic rings. The van der Waals surface area contributed by atoms with Gasteiger partial charge in [-0.1, -0.05) is 30.3 Å². The fourth-order valence-electron chi connectivity index (χ4n) is 2.93. The van der Waals surface area contributed by atoms with E-state index in [1.807, 2.05) is 75.3 Å². The third-order valence-corrected chi connectivity index (χ3v) is 4.17. The first-order chi connectivity index (χ1) is 13.0. The van der Waals surface area contributed by atoms with Crippen LogP contribution in [0, 0.1) is 6.92 Å². The van der Waals surface area contributed by atoms with Crippen molar-refractivity contribution < 1.29 is 9.53 Å². The van der Waals surface area contributed by atoms with Gasteiger partial charge in [-0.25, -0.2) is 9.97 Å². The molecule has 0 saturated heterocycles. The van der Waals surface area contributed by atoms with Crippen LogP contribution in [-0.4, -0.2) is 36.6 Å². The van der Waals surface area contributed by atoms with Gasteiger partial charge in [0.05, 0.1) is 18.7 Å². The zero-order chi connectivity index (χ0) is 19.4. The molecule has 0 aliphatic carbocycles. The normalized spacial score (nSPS) is 10.7. The highest BCUT2D eigenvalue weighted by Crippen LogP contribution is 2.28. The molecule has 1 heterocycles. The van der Waals surface area contributed by atoms with E-state index in [0.29, 0.717) is 23.7 Å². The Kier molecular flexibility index (Phi) is 5.54. The van der Waals surface area contributed by atoms with E-state index < -0.39 is 0 Å². The number of hydrogen-bond acceptors (Lipinski definition) is 5. The molecule has 6 heteroatoms. The van der Waals surface area contributed by atoms with Crippen LogP contribution in [0.2, 0.25) is 0 Å². The number of fused-ring (bicyclic) bond motifs is 1. The average molecular weight is 364 g/mol. The summed E-state index contributed by atoms with van der Waals surface area (Å²) in [5.74, 6) is 1.76. The summed E-state index contributed by atoms with van der Waals surface area (Å²) in [6.07, 6.45) is 0. The number of carbonyl (C=O) groups excluding carboxylic acids is 1. The van der Waals surface area contributed by atoms with Crippen molar-refractivity contribution in [1.29, 1.82) is 0 Å². The fraction of sp³-hybridized carbons (Fsp3) is 0.286. The van der Waals surface area contributed by atoms with Crippen LogP contribution in [0.4, 0.5) is 5.82 Å². The van der Waals surface area contributed by atoms with E-state index in [4.69, 9.17) is 4.74 Å². The van der Waals surface area contributed by atoms with Crippen LogP contribution in [0.3, 0.4) is 0 Å². The quantitative estimate of drug-likeness (QED) is 0.727. The Balaban J connectivity index is 1.89. The lowest BCUT2D eigenvalue weighted by Gasteiger charge is -2.15. The van der Waals surface area contributed by atoms with Crippen molar-refractivity contribution in [3.8, 4) is 5.75 Å². The topological polar surface area (TPSA) is 67.3 Å². The number of nitrogens with one attached hydrogen (secondary N) is 1. The van der Waals surface area contributed by atoms with Crippen LogP contribution in [0.1, 0.15) is 28.8 Å². The van der Waals surface area contributed by atoms with E-state index in [0.717, 1.165) is 22.3 Å². The Bertz CT molecular complexity index is 970. The number of ether oxygens (including phenoxy) is 1. The van der Waals surface area contributed by atoms with Crippen molar-refractivity contribution in [2.24, 2.45) is 0 Å². The van der Waals surface area contributed by atoms with Crippen molar-refractivity contribution in [2.45, 2.75) is 20.4 Å². The summed E-state index contributed by atoms with van der Waals surface area (Å²) in [7, 11) is 3.85. The number of anilines is 1. The largest absolute Gasteiger partial charge is 0.493 e. The number of carbonyl (C=O) groups is 1. The molecule has 0 spiro atoms. The standard InChI is InChI=1S/C21H24N4O2/c1-5-27-17-11-10-15-8-6-7-9-16(15)20(17)21(26)22-13-18-23-14(2)12-19(24-18)25(3)4/h6-12H,5,13H2,1-4H3,(H,22,26). The summed E-state index contributed by atoms with van der Waals surface area (Å²) in [5, 5.41) is 4.79. The van der Waals surface area contributed by atoms with Gasteiger partial charge in [-0.05, 0) is 30.7 Å². The Morgan fingerprint density at radius 2 is 1.93 bits per heavy atom. The zero-order valence-corrected chi connectivity index (χ0v) is 16.1. The molecule has 0 bridgehead atoms. The van der Waals surface area contributed by atoms with Crippen LogP contribution >= 0.6 is 0 Å². The molecular formula is C21H24N4O2. The highest BCUT2D eigenvalue weighted by Gasteiger charge is 2.17. The molecule has 0 fully saturated rings. The van der Waals surface area contributed by atoms with Crippen LogP contribution in [0.5, 0.6) is 5.75 Å². The summed E-state index contributed by atoms with van der Waals surface area (Å²) in [6, 6.07) is 13.5. The van der Waals surface area contributed by atoms with E-state index in [2.05, 4.69) is 15.3 Å². The number of aromatic nitrogens is 2. The summed E-state index contributed by atoms with van der Waals surface area (Å²) >= 11 is 0. The van der Waals surface area contributed by atoms with E-state index in [1.165, 1.54) is 0 Å². The predicted octanol–water partition coefficient (Wildman–Crippen LogP) is 3.33. The number of nitrogens with zero attached hydrogens (tertiary/aromatic N) is 3. The molecule has 2 aromatic carbocycles. The minimum absolute atomic E-state index is 0.202. The first kappa shape index (κ1) is 18.6. The molecule has 1 amide bonds. The maximum Gasteiger partial charge on any atom is 0.256 e. The van der Waals surface area contributed by atoms with Gasteiger partial charge in [0.15, 0.2) is 0 Å². The van der Waals surface area contributed by atoms with Gasteiger partial charge >= 0.3 is 0 Å². The monoisotopic (exact) mass is 364 g/mol. The molecule has 6 nitrogen and oxygen atoms in total. The molecule has 3 rings (SSSR count). The van der Waals surface area contributed by atoms with Gasteiger partial charge in [-0.3, -0.25) is 4.79 Å². The third kappa shape index (κ3) is 4.16. The van der Waals surface area contributed by atoms with Crippen molar-refractivity contribution in [3.05, 3.63) is 59.5 Å². The minimum atomic E-state index is -0.202. The summed E-state index contributed by atoms with van der Waals surface area (Å²) in [4.78, 5) is 23.8. The Hall–Kier alpha value is -3.15. The van der Waals surface area contributed by atoms with E-state index in [1.54, 1.807) is 0 Å². The highest BCUT2D eigenvalue weighted by molar-refractivity contribution is 6.09. The first-order valence-electron chi connectivity index (χ1n) is 8.94. The molecule has 0 aliphatic heterocycles. The molecule has 0 saturated carbocycles. The minimum Gasteiger partial charge on any atom is -0.493 e. The lowest BCUT2D eigenvalue weighted by Crippen LogP contribution is -2.25. The molecule has 0 radical (unpaired) electrons. The van der Waals surface area contributed by atoms with Crippen LogP contribution in [-0.2, 0) is 6.54 Å². The maximum atomic E-state index is 13.0. The molecule has 0 atom stereocenters. The maximum absolute atomic E-state index is 13.0. The molecule has 27 heavy (non-hydrogen) atoms. The molecule has 1 N–H and O–H groups in total. The van der Waals surface area contributed by atoms with E-state index >= 15 is 0 Å². The number of benzene rings is 2. The van der Waals surface area contributed by atoms with Crippen molar-refractivity contribution >= 4 is 22.5 Å². The molecule has 140 valence electrons. The van der Waals surface area contributed by atoms with Crippen LogP contribution in [0.15, 0.2) is 42.5 Å². The van der Waals surface area contributed by atoms with Gasteiger partial charge < -0.3 is 15.0 Å². The van der Waals surface area contributed by atoms with Crippen LogP contribution in [0.25, 0.3) is 10.8 Å². The molecule has 1 aromatic heterocycles. The number of amides is 1. The molecule has 0 aliphatic rings. The van der Waals surface area contributed by atoms with E-state index in [-0.39, 0.29) is 12.5 Å². The lowest BCUT2D eigenvalue weighted by atomic mass is 10.0. The summed E-state index contributed by atoms with van der Waals surface area (Å²) < 4.78 is 5.69. The summed E-state index contributed by atoms with van der Waals surface area (Å²) in [6.45, 7) is 4.56. The van der Waals surface area contributed by atoms with Crippen molar-refractivity contribution in [1.82, 2.24) is 15.3 Å². The van der Waals surface area contributed by atoms with Gasteiger partial charge in [0.25, 0.3) is 5.91 Å². The Labute approximate surface area is 159 Å². The van der Waals surface area contributed by atoms with Crippen LogP contribution < -0.4 is 15.0 Å². The molecular weight excluding hydrogens is 340 g/mol. The Morgan fingerprint density at radius 3 is 2.67 bits per heavy atom. The first-order valence-corrected chi connectivity index (χ1v) is 8.94. The Morgan fingerprint density at radius 1 is 1.15 bits per heavy atom. The van der Waals surface area contributed by atoms with Gasteiger partial charge in [0, 0.05) is 25.9 Å². The van der Waals surface area contributed by atoms with Gasteiger partial charge in [-0.2, -0.15) is 0 Å². The number of aryl methyl sites for hydroxylation is 1.